The van der Waals surface area contributed by atoms with Crippen molar-refractivity contribution in [1.82, 2.24) is 19.9 Å². The fourth-order valence-electron chi connectivity index (χ4n) is 3.35. The van der Waals surface area contributed by atoms with E-state index in [2.05, 4.69) is 46.5 Å². The van der Waals surface area contributed by atoms with E-state index >= 15 is 0 Å². The molecule has 1 fully saturated rings. The fraction of sp³-hybridized carbons (Fsp3) is 0.400. The highest BCUT2D eigenvalue weighted by atomic mass is 35.5. The van der Waals surface area contributed by atoms with Gasteiger partial charge >= 0.3 is 0 Å². The van der Waals surface area contributed by atoms with Gasteiger partial charge in [0.2, 0.25) is 5.95 Å². The molecule has 8 heteroatoms. The molecule has 0 radical (unpaired) electrons. The van der Waals surface area contributed by atoms with Crippen molar-refractivity contribution in [2.24, 2.45) is 0 Å². The molecule has 0 spiro atoms. The SMILES string of the molecule is CC(C)NCc1cc2nnc(N3CCOCC3)n2cc1-c1ccc(Cl)cc1Cl. The van der Waals surface area contributed by atoms with E-state index in [1.807, 2.05) is 16.5 Å². The molecule has 3 aromatic rings. The Hall–Kier alpha value is -1.86. The number of anilines is 1. The van der Waals surface area contributed by atoms with Crippen LogP contribution in [-0.4, -0.2) is 46.9 Å². The molecule has 0 aliphatic carbocycles. The molecule has 0 amide bonds. The molecule has 1 aromatic carbocycles. The summed E-state index contributed by atoms with van der Waals surface area (Å²) in [5.41, 5.74) is 3.91. The first-order valence-corrected chi connectivity index (χ1v) is 10.2. The maximum atomic E-state index is 6.54. The van der Waals surface area contributed by atoms with E-state index in [1.165, 1.54) is 0 Å². The number of nitrogens with one attached hydrogen (secondary N) is 1. The molecule has 1 N–H and O–H groups in total. The van der Waals surface area contributed by atoms with Gasteiger partial charge in [0.05, 0.1) is 13.2 Å². The molecular formula is C20H23Cl2N5O. The van der Waals surface area contributed by atoms with Crippen LogP contribution in [0.1, 0.15) is 19.4 Å². The summed E-state index contributed by atoms with van der Waals surface area (Å²) in [6, 6.07) is 8.04. The molecule has 1 saturated heterocycles. The third kappa shape index (κ3) is 3.96. The van der Waals surface area contributed by atoms with Crippen LogP contribution >= 0.6 is 23.2 Å². The van der Waals surface area contributed by atoms with Crippen molar-refractivity contribution in [3.05, 3.63) is 46.1 Å². The smallest absolute Gasteiger partial charge is 0.231 e. The molecule has 6 nitrogen and oxygen atoms in total. The first-order valence-electron chi connectivity index (χ1n) is 9.42. The summed E-state index contributed by atoms with van der Waals surface area (Å²) in [6.07, 6.45) is 2.08. The lowest BCUT2D eigenvalue weighted by molar-refractivity contribution is 0.122. The standard InChI is InChI=1S/C20H23Cl2N5O/c1-13(2)23-11-14-9-19-24-25-20(26-5-7-28-8-6-26)27(19)12-17(14)16-4-3-15(21)10-18(16)22/h3-4,9-10,12-13,23H,5-8,11H2,1-2H3. The minimum atomic E-state index is 0.367. The summed E-state index contributed by atoms with van der Waals surface area (Å²) < 4.78 is 7.50. The van der Waals surface area contributed by atoms with E-state index in [1.54, 1.807) is 6.07 Å². The van der Waals surface area contributed by atoms with Crippen molar-refractivity contribution in [2.75, 3.05) is 31.2 Å². The third-order valence-corrected chi connectivity index (χ3v) is 5.38. The lowest BCUT2D eigenvalue weighted by Crippen LogP contribution is -2.37. The lowest BCUT2D eigenvalue weighted by atomic mass is 10.0. The molecule has 1 aliphatic heterocycles. The number of nitrogens with zero attached hydrogens (tertiary/aromatic N) is 4. The molecule has 0 saturated carbocycles. The van der Waals surface area contributed by atoms with Crippen LogP contribution in [0.15, 0.2) is 30.5 Å². The molecule has 0 atom stereocenters. The van der Waals surface area contributed by atoms with Gasteiger partial charge in [-0.1, -0.05) is 43.1 Å². The van der Waals surface area contributed by atoms with E-state index in [0.717, 1.165) is 41.4 Å². The zero-order valence-electron chi connectivity index (χ0n) is 16.0. The number of morpholine rings is 1. The number of pyridine rings is 1. The van der Waals surface area contributed by atoms with Crippen LogP contribution < -0.4 is 10.2 Å². The number of halogens is 2. The summed E-state index contributed by atoms with van der Waals surface area (Å²) in [6.45, 7) is 7.95. The second-order valence-electron chi connectivity index (χ2n) is 7.20. The van der Waals surface area contributed by atoms with Crippen LogP contribution in [0.2, 0.25) is 10.0 Å². The Morgan fingerprint density at radius 3 is 2.61 bits per heavy atom. The highest BCUT2D eigenvalue weighted by molar-refractivity contribution is 6.36. The summed E-state index contributed by atoms with van der Waals surface area (Å²) in [5, 5.41) is 13.6. The quantitative estimate of drug-likeness (QED) is 0.676. The predicted molar refractivity (Wildman–Crippen MR) is 113 cm³/mol. The topological polar surface area (TPSA) is 54.7 Å². The number of hydrogen-bond donors (Lipinski definition) is 1. The number of hydrogen-bond acceptors (Lipinski definition) is 5. The number of benzene rings is 1. The Morgan fingerprint density at radius 2 is 1.89 bits per heavy atom. The first kappa shape index (κ1) is 19.5. The van der Waals surface area contributed by atoms with Crippen molar-refractivity contribution < 1.29 is 4.74 Å². The van der Waals surface area contributed by atoms with Crippen LogP contribution in [0, 0.1) is 0 Å². The normalized spacial score (nSPS) is 15.0. The van der Waals surface area contributed by atoms with Crippen LogP contribution in [-0.2, 0) is 11.3 Å². The number of fused-ring (bicyclic) bond motifs is 1. The van der Waals surface area contributed by atoms with Crippen molar-refractivity contribution in [3.8, 4) is 11.1 Å². The van der Waals surface area contributed by atoms with Gasteiger partial charge in [0.15, 0.2) is 5.65 Å². The van der Waals surface area contributed by atoms with Crippen LogP contribution in [0.4, 0.5) is 5.95 Å². The van der Waals surface area contributed by atoms with E-state index in [-0.39, 0.29) is 0 Å². The van der Waals surface area contributed by atoms with Crippen molar-refractivity contribution in [2.45, 2.75) is 26.4 Å². The molecule has 28 heavy (non-hydrogen) atoms. The van der Waals surface area contributed by atoms with E-state index in [0.29, 0.717) is 35.8 Å². The second-order valence-corrected chi connectivity index (χ2v) is 8.04. The van der Waals surface area contributed by atoms with Gasteiger partial charge < -0.3 is 15.0 Å². The average molecular weight is 420 g/mol. The lowest BCUT2D eigenvalue weighted by Gasteiger charge is -2.26. The molecular weight excluding hydrogens is 397 g/mol. The van der Waals surface area contributed by atoms with Gasteiger partial charge in [-0.2, -0.15) is 0 Å². The Labute approximate surface area is 174 Å². The molecule has 148 valence electrons. The monoisotopic (exact) mass is 419 g/mol. The van der Waals surface area contributed by atoms with Crippen LogP contribution in [0.3, 0.4) is 0 Å². The van der Waals surface area contributed by atoms with Crippen molar-refractivity contribution >= 4 is 34.8 Å². The summed E-state index contributed by atoms with van der Waals surface area (Å²) in [7, 11) is 0. The van der Waals surface area contributed by atoms with E-state index in [9.17, 15) is 0 Å². The summed E-state index contributed by atoms with van der Waals surface area (Å²) in [4.78, 5) is 2.20. The second kappa shape index (κ2) is 8.25. The van der Waals surface area contributed by atoms with Gasteiger partial charge in [-0.3, -0.25) is 4.40 Å². The van der Waals surface area contributed by atoms with Crippen molar-refractivity contribution in [1.29, 1.82) is 0 Å². The van der Waals surface area contributed by atoms with Gasteiger partial charge in [-0.05, 0) is 23.8 Å². The zero-order valence-corrected chi connectivity index (χ0v) is 17.5. The average Bonchev–Trinajstić information content (AvgIpc) is 3.09. The van der Waals surface area contributed by atoms with Gasteiger partial charge in [0.25, 0.3) is 0 Å². The van der Waals surface area contributed by atoms with Crippen molar-refractivity contribution in [3.63, 3.8) is 0 Å². The number of ether oxygens (including phenoxy) is 1. The van der Waals surface area contributed by atoms with Gasteiger partial charge in [-0.15, -0.1) is 10.2 Å². The largest absolute Gasteiger partial charge is 0.378 e. The highest BCUT2D eigenvalue weighted by Gasteiger charge is 2.19. The fourth-order valence-corrected chi connectivity index (χ4v) is 3.86. The summed E-state index contributed by atoms with van der Waals surface area (Å²) >= 11 is 12.7. The minimum Gasteiger partial charge on any atom is -0.378 e. The van der Waals surface area contributed by atoms with Gasteiger partial charge in [0.1, 0.15) is 0 Å². The van der Waals surface area contributed by atoms with E-state index in [4.69, 9.17) is 27.9 Å². The number of rotatable bonds is 5. The molecule has 2 aromatic heterocycles. The molecule has 3 heterocycles. The molecule has 4 rings (SSSR count). The molecule has 1 aliphatic rings. The Bertz CT molecular complexity index is 982. The van der Waals surface area contributed by atoms with Gasteiger partial charge in [-0.25, -0.2) is 0 Å². The first-order chi connectivity index (χ1) is 13.5. The highest BCUT2D eigenvalue weighted by Crippen LogP contribution is 2.34. The Kier molecular flexibility index (Phi) is 5.73. The molecule has 0 bridgehead atoms. The maximum absolute atomic E-state index is 6.54. The maximum Gasteiger partial charge on any atom is 0.231 e. The third-order valence-electron chi connectivity index (χ3n) is 4.83. The Balaban J connectivity index is 1.84. The van der Waals surface area contributed by atoms with Crippen LogP contribution in [0.25, 0.3) is 16.8 Å². The van der Waals surface area contributed by atoms with E-state index < -0.39 is 0 Å². The number of aromatic nitrogens is 3. The minimum absolute atomic E-state index is 0.367. The molecule has 0 unspecified atom stereocenters. The zero-order chi connectivity index (χ0) is 19.7. The Morgan fingerprint density at radius 1 is 1.11 bits per heavy atom. The predicted octanol–water partition coefficient (Wildman–Crippen LogP) is 4.04. The summed E-state index contributed by atoms with van der Waals surface area (Å²) in [5.74, 6) is 0.827. The van der Waals surface area contributed by atoms with Gasteiger partial charge in [0, 0.05) is 53.0 Å². The van der Waals surface area contributed by atoms with Crippen LogP contribution in [0.5, 0.6) is 0 Å².